The van der Waals surface area contributed by atoms with Gasteiger partial charge in [0.05, 0.1) is 12.6 Å². The van der Waals surface area contributed by atoms with Crippen LogP contribution in [-0.4, -0.2) is 35.4 Å². The molecule has 7 nitrogen and oxygen atoms in total. The summed E-state index contributed by atoms with van der Waals surface area (Å²) < 4.78 is 41.8. The van der Waals surface area contributed by atoms with Gasteiger partial charge in [-0.3, -0.25) is 4.84 Å². The highest BCUT2D eigenvalue weighted by Crippen LogP contribution is 2.46. The number of carbonyl (C=O) groups excluding carboxylic acids is 1. The van der Waals surface area contributed by atoms with Crippen molar-refractivity contribution in [3.8, 4) is 11.4 Å². The standard InChI is InChI=1S/C15H15F3N4O3/c1-22(24-2)13(23)20-14(7-8-14)10-5-3-9(4-6-10)11-19-12(25-21-11)15(16,17)18/h3-6H,7-8H2,1-2H3,(H,20,23). The normalized spacial score (nSPS) is 15.7. The molecule has 1 heterocycles. The summed E-state index contributed by atoms with van der Waals surface area (Å²) in [5, 5.41) is 7.30. The van der Waals surface area contributed by atoms with Crippen LogP contribution in [0.4, 0.5) is 18.0 Å². The molecule has 0 bridgehead atoms. The minimum Gasteiger partial charge on any atom is -0.329 e. The van der Waals surface area contributed by atoms with Gasteiger partial charge < -0.3 is 9.84 Å². The first-order chi connectivity index (χ1) is 11.7. The van der Waals surface area contributed by atoms with Crippen molar-refractivity contribution in [3.63, 3.8) is 0 Å². The third-order valence-electron chi connectivity index (χ3n) is 4.02. The number of hydroxylamine groups is 2. The summed E-state index contributed by atoms with van der Waals surface area (Å²) in [7, 11) is 2.87. The average Bonchev–Trinajstić information content (AvgIpc) is 3.17. The predicted molar refractivity (Wildman–Crippen MR) is 79.0 cm³/mol. The summed E-state index contributed by atoms with van der Waals surface area (Å²) in [6, 6.07) is 6.24. The lowest BCUT2D eigenvalue weighted by atomic mass is 10.0. The first-order valence-corrected chi connectivity index (χ1v) is 7.37. The summed E-state index contributed by atoms with van der Waals surface area (Å²) in [6.45, 7) is 0. The van der Waals surface area contributed by atoms with Crippen molar-refractivity contribution in [3.05, 3.63) is 35.7 Å². The van der Waals surface area contributed by atoms with Gasteiger partial charge in [0.25, 0.3) is 0 Å². The van der Waals surface area contributed by atoms with Gasteiger partial charge in [0.15, 0.2) is 0 Å². The number of aromatic nitrogens is 2. The van der Waals surface area contributed by atoms with E-state index in [0.29, 0.717) is 5.56 Å². The van der Waals surface area contributed by atoms with Crippen LogP contribution in [0, 0.1) is 0 Å². The number of hydrogen-bond acceptors (Lipinski definition) is 5. The molecule has 0 saturated heterocycles. The van der Waals surface area contributed by atoms with Gasteiger partial charge in [0, 0.05) is 12.6 Å². The molecule has 1 aromatic heterocycles. The number of rotatable bonds is 4. The maximum Gasteiger partial charge on any atom is 0.471 e. The zero-order valence-electron chi connectivity index (χ0n) is 13.4. The number of halogens is 3. The van der Waals surface area contributed by atoms with Gasteiger partial charge in [0.1, 0.15) is 0 Å². The fourth-order valence-electron chi connectivity index (χ4n) is 2.37. The number of carbonyl (C=O) groups is 1. The van der Waals surface area contributed by atoms with Crippen LogP contribution in [0.15, 0.2) is 28.8 Å². The Balaban J connectivity index is 1.76. The molecule has 1 aromatic carbocycles. The van der Waals surface area contributed by atoms with Crippen molar-refractivity contribution in [2.24, 2.45) is 0 Å². The molecule has 1 saturated carbocycles. The number of nitrogens with one attached hydrogen (secondary N) is 1. The van der Waals surface area contributed by atoms with Crippen LogP contribution in [0.1, 0.15) is 24.3 Å². The molecule has 1 aliphatic rings. The van der Waals surface area contributed by atoms with Crippen molar-refractivity contribution in [1.29, 1.82) is 0 Å². The topological polar surface area (TPSA) is 80.5 Å². The molecule has 0 radical (unpaired) electrons. The highest BCUT2D eigenvalue weighted by molar-refractivity contribution is 5.74. The third kappa shape index (κ3) is 3.43. The smallest absolute Gasteiger partial charge is 0.329 e. The zero-order valence-corrected chi connectivity index (χ0v) is 13.4. The van der Waals surface area contributed by atoms with E-state index in [-0.39, 0.29) is 11.9 Å². The van der Waals surface area contributed by atoms with Gasteiger partial charge in [0.2, 0.25) is 5.82 Å². The molecule has 1 N–H and O–H groups in total. The Kier molecular flexibility index (Phi) is 4.15. The first-order valence-electron chi connectivity index (χ1n) is 7.37. The van der Waals surface area contributed by atoms with Crippen molar-refractivity contribution < 1.29 is 27.3 Å². The van der Waals surface area contributed by atoms with Crippen LogP contribution < -0.4 is 5.32 Å². The van der Waals surface area contributed by atoms with Gasteiger partial charge in [-0.1, -0.05) is 29.4 Å². The SMILES string of the molecule is CON(C)C(=O)NC1(c2ccc(-c3noc(C(F)(F)F)n3)cc2)CC1. The molecule has 134 valence electrons. The van der Waals surface area contributed by atoms with E-state index >= 15 is 0 Å². The molecule has 2 amide bonds. The fraction of sp³-hybridized carbons (Fsp3) is 0.400. The molecule has 10 heteroatoms. The lowest BCUT2D eigenvalue weighted by molar-refractivity contribution is -0.159. The number of nitrogens with zero attached hydrogens (tertiary/aromatic N) is 3. The molecule has 1 aliphatic carbocycles. The van der Waals surface area contributed by atoms with Crippen molar-refractivity contribution in [1.82, 2.24) is 20.5 Å². The zero-order chi connectivity index (χ0) is 18.2. The Morgan fingerprint density at radius 3 is 2.44 bits per heavy atom. The molecule has 0 aliphatic heterocycles. The molecule has 0 atom stereocenters. The summed E-state index contributed by atoms with van der Waals surface area (Å²) in [5.74, 6) is -1.54. The maximum absolute atomic E-state index is 12.5. The second kappa shape index (κ2) is 6.03. The average molecular weight is 356 g/mol. The quantitative estimate of drug-likeness (QED) is 0.852. The number of benzene rings is 1. The van der Waals surface area contributed by atoms with Crippen LogP contribution in [0.2, 0.25) is 0 Å². The van der Waals surface area contributed by atoms with Crippen LogP contribution in [0.5, 0.6) is 0 Å². The molecule has 25 heavy (non-hydrogen) atoms. The Morgan fingerprint density at radius 2 is 1.96 bits per heavy atom. The largest absolute Gasteiger partial charge is 0.471 e. The molecular formula is C15H15F3N4O3. The Morgan fingerprint density at radius 1 is 1.32 bits per heavy atom. The Hall–Kier alpha value is -2.62. The maximum atomic E-state index is 12.5. The minimum absolute atomic E-state index is 0.146. The lowest BCUT2D eigenvalue weighted by Gasteiger charge is -2.22. The van der Waals surface area contributed by atoms with Gasteiger partial charge in [-0.25, -0.2) is 9.86 Å². The highest BCUT2D eigenvalue weighted by Gasteiger charge is 2.46. The summed E-state index contributed by atoms with van der Waals surface area (Å²) in [4.78, 5) is 20.1. The van der Waals surface area contributed by atoms with E-state index in [1.165, 1.54) is 14.2 Å². The number of amides is 2. The predicted octanol–water partition coefficient (Wildman–Crippen LogP) is 2.95. The molecule has 3 rings (SSSR count). The summed E-state index contributed by atoms with van der Waals surface area (Å²) in [5.41, 5.74) is 0.740. The second-order valence-electron chi connectivity index (χ2n) is 5.69. The van der Waals surface area contributed by atoms with Crippen molar-refractivity contribution >= 4 is 6.03 Å². The molecular weight excluding hydrogens is 341 g/mol. The van der Waals surface area contributed by atoms with E-state index in [1.807, 2.05) is 0 Å². The number of alkyl halides is 3. The lowest BCUT2D eigenvalue weighted by Crippen LogP contribution is -2.42. The molecule has 1 fully saturated rings. The van der Waals surface area contributed by atoms with Crippen molar-refractivity contribution in [2.45, 2.75) is 24.6 Å². The van der Waals surface area contributed by atoms with Gasteiger partial charge >= 0.3 is 18.1 Å². The Bertz CT molecular complexity index is 769. The Labute approximate surface area is 140 Å². The van der Waals surface area contributed by atoms with Gasteiger partial charge in [-0.05, 0) is 18.4 Å². The van der Waals surface area contributed by atoms with Gasteiger partial charge in [-0.2, -0.15) is 18.2 Å². The summed E-state index contributed by atoms with van der Waals surface area (Å²) >= 11 is 0. The van der Waals surface area contributed by atoms with Crippen LogP contribution >= 0.6 is 0 Å². The first kappa shape index (κ1) is 17.2. The van der Waals surface area contributed by atoms with E-state index in [2.05, 4.69) is 20.0 Å². The van der Waals surface area contributed by atoms with E-state index in [4.69, 9.17) is 4.84 Å². The van der Waals surface area contributed by atoms with Crippen LogP contribution in [0.25, 0.3) is 11.4 Å². The number of urea groups is 1. The van der Waals surface area contributed by atoms with Crippen molar-refractivity contribution in [2.75, 3.05) is 14.2 Å². The molecule has 0 unspecified atom stereocenters. The fourth-order valence-corrected chi connectivity index (χ4v) is 2.37. The van der Waals surface area contributed by atoms with E-state index < -0.39 is 17.6 Å². The summed E-state index contributed by atoms with van der Waals surface area (Å²) in [6.07, 6.45) is -3.16. The van der Waals surface area contributed by atoms with E-state index in [9.17, 15) is 18.0 Å². The molecule has 2 aromatic rings. The van der Waals surface area contributed by atoms with Gasteiger partial charge in [-0.15, -0.1) is 0 Å². The van der Waals surface area contributed by atoms with E-state index in [1.54, 1.807) is 24.3 Å². The van der Waals surface area contributed by atoms with Crippen LogP contribution in [-0.2, 0) is 16.6 Å². The highest BCUT2D eigenvalue weighted by atomic mass is 19.4. The third-order valence-corrected chi connectivity index (χ3v) is 4.02. The monoisotopic (exact) mass is 356 g/mol. The molecule has 0 spiro atoms. The minimum atomic E-state index is -4.68. The second-order valence-corrected chi connectivity index (χ2v) is 5.69. The van der Waals surface area contributed by atoms with Crippen LogP contribution in [0.3, 0.4) is 0 Å². The van der Waals surface area contributed by atoms with E-state index in [0.717, 1.165) is 23.5 Å². The number of hydrogen-bond donors (Lipinski definition) is 1.